The van der Waals surface area contributed by atoms with E-state index in [1.165, 1.54) is 6.07 Å². The van der Waals surface area contributed by atoms with Gasteiger partial charge in [0.05, 0.1) is 5.69 Å². The maximum absolute atomic E-state index is 13.9. The molecule has 1 aliphatic heterocycles. The molecule has 2 heterocycles. The standard InChI is InChI=1S/C22H29ClFN5/c1-2-25-22(27-13-9-19-20(23)7-5-8-21(19)24)28-17-10-14-29(15-11-17)16-18-6-3-4-12-26-18/h3-8,12,17H,2,9-11,13-16H2,1H3,(H2,25,27,28). The Bertz CT molecular complexity index is 771. The summed E-state index contributed by atoms with van der Waals surface area (Å²) in [5.74, 6) is 0.508. The highest BCUT2D eigenvalue weighted by Crippen LogP contribution is 2.19. The number of likely N-dealkylation sites (tertiary alicyclic amines) is 1. The number of nitrogens with zero attached hydrogens (tertiary/aromatic N) is 3. The van der Waals surface area contributed by atoms with Crippen molar-refractivity contribution in [1.29, 1.82) is 0 Å². The number of nitrogens with one attached hydrogen (secondary N) is 2. The number of hydrogen-bond acceptors (Lipinski definition) is 3. The molecule has 0 unspecified atom stereocenters. The van der Waals surface area contributed by atoms with E-state index in [-0.39, 0.29) is 5.82 Å². The summed E-state index contributed by atoms with van der Waals surface area (Å²) in [7, 11) is 0. The predicted molar refractivity (Wildman–Crippen MR) is 117 cm³/mol. The van der Waals surface area contributed by atoms with Crippen LogP contribution in [0, 0.1) is 5.82 Å². The van der Waals surface area contributed by atoms with Crippen LogP contribution in [0.4, 0.5) is 4.39 Å². The Kier molecular flexibility index (Phi) is 8.25. The number of aliphatic imine (C=N–C) groups is 1. The average Bonchev–Trinajstić information content (AvgIpc) is 2.72. The summed E-state index contributed by atoms with van der Waals surface area (Å²) in [6.07, 6.45) is 4.43. The second-order valence-corrected chi connectivity index (χ2v) is 7.63. The number of pyridine rings is 1. The summed E-state index contributed by atoms with van der Waals surface area (Å²) in [6, 6.07) is 11.2. The van der Waals surface area contributed by atoms with Gasteiger partial charge in [0.25, 0.3) is 0 Å². The van der Waals surface area contributed by atoms with E-state index in [9.17, 15) is 4.39 Å². The number of rotatable bonds is 7. The zero-order valence-electron chi connectivity index (χ0n) is 16.9. The fourth-order valence-corrected chi connectivity index (χ4v) is 3.78. The van der Waals surface area contributed by atoms with Gasteiger partial charge < -0.3 is 10.6 Å². The summed E-state index contributed by atoms with van der Waals surface area (Å²) in [5.41, 5.74) is 1.64. The van der Waals surface area contributed by atoms with Crippen molar-refractivity contribution in [2.45, 2.75) is 38.8 Å². The highest BCUT2D eigenvalue weighted by molar-refractivity contribution is 6.31. The first-order valence-corrected chi connectivity index (χ1v) is 10.6. The molecule has 1 fully saturated rings. The molecule has 0 amide bonds. The Hall–Kier alpha value is -2.18. The molecule has 2 N–H and O–H groups in total. The van der Waals surface area contributed by atoms with Crippen LogP contribution in [0.3, 0.4) is 0 Å². The third-order valence-electron chi connectivity index (χ3n) is 5.08. The Morgan fingerprint density at radius 2 is 2.07 bits per heavy atom. The maximum atomic E-state index is 13.9. The quantitative estimate of drug-likeness (QED) is 0.533. The van der Waals surface area contributed by atoms with Crippen molar-refractivity contribution in [3.05, 3.63) is 64.7 Å². The lowest BCUT2D eigenvalue weighted by atomic mass is 10.0. The number of benzene rings is 1. The van der Waals surface area contributed by atoms with E-state index in [1.807, 2.05) is 25.3 Å². The van der Waals surface area contributed by atoms with E-state index < -0.39 is 0 Å². The number of hydrogen-bond donors (Lipinski definition) is 2. The Morgan fingerprint density at radius 1 is 1.24 bits per heavy atom. The van der Waals surface area contributed by atoms with Crippen molar-refractivity contribution in [3.8, 4) is 0 Å². The van der Waals surface area contributed by atoms with Gasteiger partial charge in [-0.15, -0.1) is 0 Å². The molecular weight excluding hydrogens is 389 g/mol. The van der Waals surface area contributed by atoms with Gasteiger partial charge in [-0.3, -0.25) is 14.9 Å². The van der Waals surface area contributed by atoms with Gasteiger partial charge in [-0.2, -0.15) is 0 Å². The summed E-state index contributed by atoms with van der Waals surface area (Å²) in [5, 5.41) is 7.27. The van der Waals surface area contributed by atoms with Crippen molar-refractivity contribution >= 4 is 17.6 Å². The van der Waals surface area contributed by atoms with E-state index in [2.05, 4.69) is 31.6 Å². The monoisotopic (exact) mass is 417 g/mol. The highest BCUT2D eigenvalue weighted by Gasteiger charge is 2.20. The molecule has 0 aliphatic carbocycles. The van der Waals surface area contributed by atoms with E-state index in [0.717, 1.165) is 50.7 Å². The van der Waals surface area contributed by atoms with Gasteiger partial charge in [-0.05, 0) is 50.5 Å². The lowest BCUT2D eigenvalue weighted by molar-refractivity contribution is 0.196. The molecular formula is C22H29ClFN5. The van der Waals surface area contributed by atoms with Gasteiger partial charge in [0.15, 0.2) is 5.96 Å². The van der Waals surface area contributed by atoms with Crippen LogP contribution in [0.1, 0.15) is 31.0 Å². The minimum atomic E-state index is -0.272. The molecule has 0 radical (unpaired) electrons. The molecule has 29 heavy (non-hydrogen) atoms. The van der Waals surface area contributed by atoms with E-state index in [0.29, 0.717) is 29.6 Å². The van der Waals surface area contributed by atoms with Gasteiger partial charge in [-0.25, -0.2) is 4.39 Å². The van der Waals surface area contributed by atoms with Gasteiger partial charge >= 0.3 is 0 Å². The fraction of sp³-hybridized carbons (Fsp3) is 0.455. The molecule has 0 saturated carbocycles. The third-order valence-corrected chi connectivity index (χ3v) is 5.43. The molecule has 1 aromatic carbocycles. The number of guanidine groups is 1. The maximum Gasteiger partial charge on any atom is 0.191 e. The minimum absolute atomic E-state index is 0.272. The van der Waals surface area contributed by atoms with Crippen molar-refractivity contribution in [3.63, 3.8) is 0 Å². The fourth-order valence-electron chi connectivity index (χ4n) is 3.52. The van der Waals surface area contributed by atoms with Crippen LogP contribution >= 0.6 is 11.6 Å². The minimum Gasteiger partial charge on any atom is -0.357 e. The second kappa shape index (κ2) is 11.1. The Morgan fingerprint density at radius 3 is 2.76 bits per heavy atom. The molecule has 0 atom stereocenters. The van der Waals surface area contributed by atoms with E-state index in [1.54, 1.807) is 12.1 Å². The molecule has 156 valence electrons. The Balaban J connectivity index is 1.48. The highest BCUT2D eigenvalue weighted by atomic mass is 35.5. The lowest BCUT2D eigenvalue weighted by Gasteiger charge is -2.32. The van der Waals surface area contributed by atoms with Crippen LogP contribution in [0.5, 0.6) is 0 Å². The molecule has 1 aromatic heterocycles. The molecule has 2 aromatic rings. The zero-order valence-corrected chi connectivity index (χ0v) is 17.6. The molecule has 7 heteroatoms. The average molecular weight is 418 g/mol. The summed E-state index contributed by atoms with van der Waals surface area (Å²) in [6.45, 7) is 6.25. The van der Waals surface area contributed by atoms with Crippen LogP contribution in [0.25, 0.3) is 0 Å². The van der Waals surface area contributed by atoms with Crippen LogP contribution in [0.15, 0.2) is 47.6 Å². The first-order chi connectivity index (χ1) is 14.2. The molecule has 1 saturated heterocycles. The van der Waals surface area contributed by atoms with Crippen LogP contribution in [-0.4, -0.2) is 48.1 Å². The summed E-state index contributed by atoms with van der Waals surface area (Å²) in [4.78, 5) is 11.5. The smallest absolute Gasteiger partial charge is 0.191 e. The summed E-state index contributed by atoms with van der Waals surface area (Å²) < 4.78 is 13.9. The summed E-state index contributed by atoms with van der Waals surface area (Å²) >= 11 is 6.10. The van der Waals surface area contributed by atoms with E-state index >= 15 is 0 Å². The third kappa shape index (κ3) is 6.68. The van der Waals surface area contributed by atoms with Gasteiger partial charge in [0.1, 0.15) is 5.82 Å². The molecule has 5 nitrogen and oxygen atoms in total. The van der Waals surface area contributed by atoms with Crippen LogP contribution in [-0.2, 0) is 13.0 Å². The van der Waals surface area contributed by atoms with Crippen molar-refractivity contribution in [1.82, 2.24) is 20.5 Å². The number of halogens is 2. The first kappa shape index (κ1) is 21.5. The van der Waals surface area contributed by atoms with Crippen molar-refractivity contribution < 1.29 is 4.39 Å². The largest absolute Gasteiger partial charge is 0.357 e. The molecule has 0 spiro atoms. The van der Waals surface area contributed by atoms with Crippen molar-refractivity contribution in [2.24, 2.45) is 4.99 Å². The first-order valence-electron chi connectivity index (χ1n) is 10.3. The molecule has 3 rings (SSSR count). The normalized spacial score (nSPS) is 16.0. The molecule has 0 bridgehead atoms. The van der Waals surface area contributed by atoms with Gasteiger partial charge in [-0.1, -0.05) is 23.7 Å². The number of aromatic nitrogens is 1. The van der Waals surface area contributed by atoms with Crippen molar-refractivity contribution in [2.75, 3.05) is 26.2 Å². The second-order valence-electron chi connectivity index (χ2n) is 7.23. The van der Waals surface area contributed by atoms with Gasteiger partial charge in [0, 0.05) is 55.5 Å². The van der Waals surface area contributed by atoms with Crippen LogP contribution in [0.2, 0.25) is 5.02 Å². The number of piperidine rings is 1. The predicted octanol–water partition coefficient (Wildman–Crippen LogP) is 3.64. The SMILES string of the molecule is CCNC(=NCCc1c(F)cccc1Cl)NC1CCN(Cc2ccccn2)CC1. The van der Waals surface area contributed by atoms with Gasteiger partial charge in [0.2, 0.25) is 0 Å². The zero-order chi connectivity index (χ0) is 20.5. The Labute approximate surface area is 177 Å². The van der Waals surface area contributed by atoms with E-state index in [4.69, 9.17) is 11.6 Å². The topological polar surface area (TPSA) is 52.6 Å². The van der Waals surface area contributed by atoms with Crippen LogP contribution < -0.4 is 10.6 Å². The lowest BCUT2D eigenvalue weighted by Crippen LogP contribution is -2.48. The molecule has 1 aliphatic rings.